The Morgan fingerprint density at radius 2 is 1.51 bits per heavy atom. The summed E-state index contributed by atoms with van der Waals surface area (Å²) in [5, 5.41) is 12.2. The second kappa shape index (κ2) is 10.3. The van der Waals surface area contributed by atoms with Gasteiger partial charge in [0.25, 0.3) is 5.91 Å². The molecule has 0 bridgehead atoms. The van der Waals surface area contributed by atoms with Gasteiger partial charge in [-0.25, -0.2) is 8.78 Å². The number of amides is 2. The first-order chi connectivity index (χ1) is 17.8. The lowest BCUT2D eigenvalue weighted by molar-refractivity contribution is -0.424. The maximum absolute atomic E-state index is 13.6. The molecular formula is C27H28F2N4O4. The smallest absolute Gasteiger partial charge is 0.352 e. The van der Waals surface area contributed by atoms with Gasteiger partial charge in [-0.05, 0) is 54.8 Å². The van der Waals surface area contributed by atoms with Crippen molar-refractivity contribution in [3.05, 3.63) is 92.8 Å². The molecule has 2 aromatic rings. The first kappa shape index (κ1) is 24.9. The van der Waals surface area contributed by atoms with Crippen molar-refractivity contribution in [2.24, 2.45) is 5.92 Å². The highest BCUT2D eigenvalue weighted by Gasteiger charge is 2.50. The van der Waals surface area contributed by atoms with Gasteiger partial charge in [-0.15, -0.1) is 0 Å². The van der Waals surface area contributed by atoms with E-state index in [2.05, 4.69) is 0 Å². The van der Waals surface area contributed by atoms with E-state index in [9.17, 15) is 28.5 Å². The Kier molecular flexibility index (Phi) is 6.90. The number of nitrogens with zero attached hydrogens (tertiary/aromatic N) is 4. The standard InChI is InChI=1S/C27H28F2N4O4/c28-20-9-5-18(6-10-20)17-32-23-4-2-1-3-22(23)24(25(27(32)35)33(36)37)30-13-15-31(16-14-30)26(34)19-7-11-21(29)12-8-19/h5-12,22-23H,1-4,13-17H2. The average molecular weight is 511 g/mol. The minimum Gasteiger partial charge on any atom is -0.365 e. The van der Waals surface area contributed by atoms with Gasteiger partial charge >= 0.3 is 11.6 Å². The van der Waals surface area contributed by atoms with Crippen molar-refractivity contribution in [3.8, 4) is 0 Å². The van der Waals surface area contributed by atoms with E-state index >= 15 is 0 Å². The SMILES string of the molecule is O=C(c1ccc(F)cc1)N1CCN(C2=C([N+](=O)[O-])C(=O)N(Cc3ccc(F)cc3)C3CCCCC23)CC1. The number of nitro groups is 1. The third kappa shape index (κ3) is 4.92. The molecule has 8 nitrogen and oxygen atoms in total. The predicted molar refractivity (Wildman–Crippen MR) is 131 cm³/mol. The number of fused-ring (bicyclic) bond motifs is 1. The molecule has 2 unspecified atom stereocenters. The highest BCUT2D eigenvalue weighted by atomic mass is 19.1. The summed E-state index contributed by atoms with van der Waals surface area (Å²) in [5.74, 6) is -1.81. The van der Waals surface area contributed by atoms with Crippen LogP contribution in [0.2, 0.25) is 0 Å². The van der Waals surface area contributed by atoms with E-state index in [1.165, 1.54) is 36.4 Å². The Morgan fingerprint density at radius 3 is 2.14 bits per heavy atom. The van der Waals surface area contributed by atoms with E-state index in [0.29, 0.717) is 37.4 Å². The lowest BCUT2D eigenvalue weighted by Gasteiger charge is -2.47. The molecule has 0 radical (unpaired) electrons. The van der Waals surface area contributed by atoms with E-state index in [-0.39, 0.29) is 30.2 Å². The largest absolute Gasteiger partial charge is 0.365 e. The van der Waals surface area contributed by atoms with Crippen molar-refractivity contribution >= 4 is 11.8 Å². The van der Waals surface area contributed by atoms with Crippen molar-refractivity contribution in [1.82, 2.24) is 14.7 Å². The van der Waals surface area contributed by atoms with Crippen LogP contribution in [0.15, 0.2) is 59.9 Å². The highest BCUT2D eigenvalue weighted by Crippen LogP contribution is 2.42. The van der Waals surface area contributed by atoms with Crippen LogP contribution in [-0.2, 0) is 11.3 Å². The molecule has 37 heavy (non-hydrogen) atoms. The van der Waals surface area contributed by atoms with Crippen LogP contribution in [0.25, 0.3) is 0 Å². The van der Waals surface area contributed by atoms with Crippen LogP contribution in [0.5, 0.6) is 0 Å². The molecule has 1 aliphatic carbocycles. The number of piperazine rings is 1. The van der Waals surface area contributed by atoms with Gasteiger partial charge in [-0.1, -0.05) is 25.0 Å². The molecule has 3 aliphatic rings. The molecular weight excluding hydrogens is 482 g/mol. The fourth-order valence-electron chi connectivity index (χ4n) is 5.83. The maximum Gasteiger partial charge on any atom is 0.352 e. The predicted octanol–water partition coefficient (Wildman–Crippen LogP) is 3.81. The van der Waals surface area contributed by atoms with Crippen LogP contribution >= 0.6 is 0 Å². The molecule has 1 saturated carbocycles. The Labute approximate surface area is 213 Å². The Balaban J connectivity index is 1.40. The summed E-state index contributed by atoms with van der Waals surface area (Å²) in [7, 11) is 0. The lowest BCUT2D eigenvalue weighted by atomic mass is 9.77. The molecule has 194 valence electrons. The van der Waals surface area contributed by atoms with Gasteiger partial charge in [0.1, 0.15) is 17.3 Å². The zero-order valence-corrected chi connectivity index (χ0v) is 20.3. The number of halogens is 2. The van der Waals surface area contributed by atoms with Gasteiger partial charge in [0, 0.05) is 50.2 Å². The van der Waals surface area contributed by atoms with Crippen molar-refractivity contribution in [2.45, 2.75) is 38.3 Å². The number of hydrogen-bond donors (Lipinski definition) is 0. The van der Waals surface area contributed by atoms with E-state index in [4.69, 9.17) is 0 Å². The van der Waals surface area contributed by atoms with Gasteiger partial charge in [0.2, 0.25) is 0 Å². The van der Waals surface area contributed by atoms with Crippen LogP contribution in [0.4, 0.5) is 8.78 Å². The Morgan fingerprint density at radius 1 is 0.919 bits per heavy atom. The lowest BCUT2D eigenvalue weighted by Crippen LogP contribution is -2.57. The molecule has 2 fully saturated rings. The monoisotopic (exact) mass is 510 g/mol. The molecule has 0 N–H and O–H groups in total. The van der Waals surface area contributed by atoms with Crippen molar-refractivity contribution < 1.29 is 23.3 Å². The van der Waals surface area contributed by atoms with Gasteiger partial charge in [0.15, 0.2) is 0 Å². The molecule has 1 saturated heterocycles. The molecule has 10 heteroatoms. The molecule has 2 aliphatic heterocycles. The van der Waals surface area contributed by atoms with E-state index < -0.39 is 22.3 Å². The fraction of sp³-hybridized carbons (Fsp3) is 0.407. The molecule has 2 aromatic carbocycles. The van der Waals surface area contributed by atoms with Crippen LogP contribution in [-0.4, -0.2) is 63.7 Å². The number of rotatable bonds is 5. The fourth-order valence-corrected chi connectivity index (χ4v) is 5.83. The summed E-state index contributed by atoms with van der Waals surface area (Å²) in [5.41, 5.74) is 1.18. The Hall–Kier alpha value is -3.82. The third-order valence-electron chi connectivity index (χ3n) is 7.63. The van der Waals surface area contributed by atoms with Gasteiger partial charge in [-0.2, -0.15) is 0 Å². The molecule has 2 heterocycles. The third-order valence-corrected chi connectivity index (χ3v) is 7.63. The summed E-state index contributed by atoms with van der Waals surface area (Å²) in [6, 6.07) is 11.0. The minimum atomic E-state index is -0.614. The summed E-state index contributed by atoms with van der Waals surface area (Å²) < 4.78 is 26.6. The van der Waals surface area contributed by atoms with E-state index in [1.807, 2.05) is 4.90 Å². The van der Waals surface area contributed by atoms with Crippen LogP contribution < -0.4 is 0 Å². The summed E-state index contributed by atoms with van der Waals surface area (Å²) >= 11 is 0. The Bertz CT molecular complexity index is 1220. The molecule has 2 atom stereocenters. The van der Waals surface area contributed by atoms with E-state index in [1.54, 1.807) is 21.9 Å². The van der Waals surface area contributed by atoms with Crippen molar-refractivity contribution in [2.75, 3.05) is 26.2 Å². The van der Waals surface area contributed by atoms with Crippen molar-refractivity contribution in [1.29, 1.82) is 0 Å². The number of carbonyl (C=O) groups is 2. The second-order valence-corrected chi connectivity index (χ2v) is 9.79. The van der Waals surface area contributed by atoms with E-state index in [0.717, 1.165) is 31.2 Å². The van der Waals surface area contributed by atoms with Gasteiger partial charge < -0.3 is 14.7 Å². The summed E-state index contributed by atoms with van der Waals surface area (Å²) in [4.78, 5) is 43.3. The first-order valence-electron chi connectivity index (χ1n) is 12.6. The summed E-state index contributed by atoms with van der Waals surface area (Å²) in [6.07, 6.45) is 3.32. The van der Waals surface area contributed by atoms with Gasteiger partial charge in [0.05, 0.1) is 4.92 Å². The zero-order chi connectivity index (χ0) is 26.1. The maximum atomic E-state index is 13.6. The molecule has 0 aromatic heterocycles. The topological polar surface area (TPSA) is 87.0 Å². The molecule has 2 amide bonds. The summed E-state index contributed by atoms with van der Waals surface area (Å²) in [6.45, 7) is 1.61. The first-order valence-corrected chi connectivity index (χ1v) is 12.6. The zero-order valence-electron chi connectivity index (χ0n) is 20.3. The second-order valence-electron chi connectivity index (χ2n) is 9.79. The van der Waals surface area contributed by atoms with Crippen LogP contribution in [0.3, 0.4) is 0 Å². The minimum absolute atomic E-state index is 0.174. The van der Waals surface area contributed by atoms with Crippen LogP contribution in [0, 0.1) is 27.7 Å². The van der Waals surface area contributed by atoms with Crippen molar-refractivity contribution in [3.63, 3.8) is 0 Å². The van der Waals surface area contributed by atoms with Gasteiger partial charge in [-0.3, -0.25) is 19.7 Å². The highest BCUT2D eigenvalue weighted by molar-refractivity contribution is 5.94. The molecule has 0 spiro atoms. The average Bonchev–Trinajstić information content (AvgIpc) is 2.91. The number of carbonyl (C=O) groups excluding carboxylic acids is 2. The molecule has 5 rings (SSSR count). The quantitative estimate of drug-likeness (QED) is 0.451. The normalized spacial score (nSPS) is 22.2. The number of benzene rings is 2. The number of hydrogen-bond acceptors (Lipinski definition) is 5. The van der Waals surface area contributed by atoms with Crippen LogP contribution in [0.1, 0.15) is 41.6 Å².